The summed E-state index contributed by atoms with van der Waals surface area (Å²) < 4.78 is 19.3. The summed E-state index contributed by atoms with van der Waals surface area (Å²) in [6.07, 6.45) is 0.581. The first kappa shape index (κ1) is 14.4. The van der Waals surface area contributed by atoms with Crippen LogP contribution in [-0.2, 0) is 6.42 Å². The second-order valence-electron chi connectivity index (χ2n) is 4.23. The fourth-order valence-corrected chi connectivity index (χ4v) is 1.84. The van der Waals surface area contributed by atoms with E-state index in [2.05, 4.69) is 0 Å². The van der Waals surface area contributed by atoms with Gasteiger partial charge in [-0.25, -0.2) is 4.39 Å². The normalized spacial score (nSPS) is 10.3. The highest BCUT2D eigenvalue weighted by Gasteiger charge is 2.07. The molecule has 0 bridgehead atoms. The van der Waals surface area contributed by atoms with Crippen LogP contribution >= 0.6 is 12.2 Å². The summed E-state index contributed by atoms with van der Waals surface area (Å²) in [4.78, 5) is 0.142. The van der Waals surface area contributed by atoms with Crippen molar-refractivity contribution in [3.63, 3.8) is 0 Å². The van der Waals surface area contributed by atoms with Crippen molar-refractivity contribution in [3.8, 4) is 11.5 Å². The lowest BCUT2D eigenvalue weighted by Gasteiger charge is -2.08. The molecular weight excluding hydrogens is 277 g/mol. The van der Waals surface area contributed by atoms with E-state index >= 15 is 0 Å². The molecular formula is C15H14FNO2S. The van der Waals surface area contributed by atoms with Crippen LogP contribution in [0.3, 0.4) is 0 Å². The highest BCUT2D eigenvalue weighted by Crippen LogP contribution is 2.25. The van der Waals surface area contributed by atoms with Crippen LogP contribution in [0.2, 0.25) is 0 Å². The number of hydrogen-bond acceptors (Lipinski definition) is 3. The lowest BCUT2D eigenvalue weighted by molar-refractivity contribution is 0.299. The number of aliphatic hydroxyl groups is 1. The molecule has 2 rings (SSSR count). The van der Waals surface area contributed by atoms with Crippen molar-refractivity contribution in [2.75, 3.05) is 6.61 Å². The molecule has 104 valence electrons. The third-order valence-corrected chi connectivity index (χ3v) is 3.00. The molecule has 0 unspecified atom stereocenters. The largest absolute Gasteiger partial charge is 0.454 e. The molecule has 0 atom stereocenters. The van der Waals surface area contributed by atoms with Gasteiger partial charge in [0.05, 0.1) is 0 Å². The van der Waals surface area contributed by atoms with Gasteiger partial charge in [-0.1, -0.05) is 24.4 Å². The molecule has 0 aliphatic rings. The molecule has 0 aliphatic carbocycles. The molecule has 3 N–H and O–H groups in total. The van der Waals surface area contributed by atoms with Crippen LogP contribution in [0.5, 0.6) is 11.5 Å². The number of aliphatic hydroxyl groups excluding tert-OH is 1. The van der Waals surface area contributed by atoms with E-state index in [1.54, 1.807) is 18.2 Å². The van der Waals surface area contributed by atoms with Gasteiger partial charge in [0, 0.05) is 12.2 Å². The summed E-state index contributed by atoms with van der Waals surface area (Å²) in [6, 6.07) is 11.5. The summed E-state index contributed by atoms with van der Waals surface area (Å²) >= 11 is 4.78. The first-order chi connectivity index (χ1) is 9.60. The molecule has 0 heterocycles. The van der Waals surface area contributed by atoms with E-state index in [1.807, 2.05) is 12.1 Å². The number of rotatable bonds is 5. The fourth-order valence-electron chi connectivity index (χ4n) is 1.72. The molecule has 0 aromatic heterocycles. The fraction of sp³-hybridized carbons (Fsp3) is 0.133. The minimum absolute atomic E-state index is 0.0926. The smallest absolute Gasteiger partial charge is 0.166 e. The highest BCUT2D eigenvalue weighted by atomic mass is 32.1. The van der Waals surface area contributed by atoms with Crippen LogP contribution in [0.15, 0.2) is 42.5 Å². The standard InChI is InChI=1S/C15H14FNO2S/c16-13-9-11(15(17)20)3-6-14(13)19-12-4-1-10(2-5-12)7-8-18/h1-6,9,18H,7-8H2,(H2,17,20). The van der Waals surface area contributed by atoms with Gasteiger partial charge in [0.15, 0.2) is 11.6 Å². The van der Waals surface area contributed by atoms with E-state index in [0.717, 1.165) is 5.56 Å². The predicted molar refractivity (Wildman–Crippen MR) is 79.6 cm³/mol. The molecule has 0 spiro atoms. The SMILES string of the molecule is NC(=S)c1ccc(Oc2ccc(CCO)cc2)c(F)c1. The lowest BCUT2D eigenvalue weighted by atomic mass is 10.1. The van der Waals surface area contributed by atoms with Gasteiger partial charge >= 0.3 is 0 Å². The van der Waals surface area contributed by atoms with E-state index in [1.165, 1.54) is 12.1 Å². The van der Waals surface area contributed by atoms with Crippen molar-refractivity contribution in [2.24, 2.45) is 5.73 Å². The van der Waals surface area contributed by atoms with Crippen molar-refractivity contribution >= 4 is 17.2 Å². The van der Waals surface area contributed by atoms with Crippen molar-refractivity contribution in [3.05, 3.63) is 59.4 Å². The minimum Gasteiger partial charge on any atom is -0.454 e. The minimum atomic E-state index is -0.519. The van der Waals surface area contributed by atoms with Crippen LogP contribution in [0.1, 0.15) is 11.1 Å². The average Bonchev–Trinajstić information content (AvgIpc) is 2.43. The second kappa shape index (κ2) is 6.45. The maximum absolute atomic E-state index is 13.8. The Morgan fingerprint density at radius 1 is 1.20 bits per heavy atom. The van der Waals surface area contributed by atoms with E-state index in [-0.39, 0.29) is 17.3 Å². The van der Waals surface area contributed by atoms with Gasteiger partial charge in [0.1, 0.15) is 10.7 Å². The van der Waals surface area contributed by atoms with Crippen LogP contribution in [0, 0.1) is 5.82 Å². The van der Waals surface area contributed by atoms with Crippen LogP contribution in [-0.4, -0.2) is 16.7 Å². The molecule has 5 heteroatoms. The zero-order valence-corrected chi connectivity index (χ0v) is 11.5. The molecule has 0 fully saturated rings. The quantitative estimate of drug-likeness (QED) is 0.832. The molecule has 0 radical (unpaired) electrons. The lowest BCUT2D eigenvalue weighted by Crippen LogP contribution is -2.09. The van der Waals surface area contributed by atoms with Crippen LogP contribution in [0.4, 0.5) is 4.39 Å². The van der Waals surface area contributed by atoms with Crippen molar-refractivity contribution < 1.29 is 14.2 Å². The van der Waals surface area contributed by atoms with Gasteiger partial charge in [0.25, 0.3) is 0 Å². The monoisotopic (exact) mass is 291 g/mol. The summed E-state index contributed by atoms with van der Waals surface area (Å²) in [6.45, 7) is 0.0926. The van der Waals surface area contributed by atoms with Gasteiger partial charge in [-0.15, -0.1) is 0 Å². The number of ether oxygens (including phenoxy) is 1. The van der Waals surface area contributed by atoms with Crippen LogP contribution < -0.4 is 10.5 Å². The van der Waals surface area contributed by atoms with E-state index in [0.29, 0.717) is 17.7 Å². The molecule has 0 saturated heterocycles. The van der Waals surface area contributed by atoms with Gasteiger partial charge in [-0.3, -0.25) is 0 Å². The van der Waals surface area contributed by atoms with Crippen molar-refractivity contribution in [1.29, 1.82) is 0 Å². The Balaban J connectivity index is 2.15. The molecule has 0 aliphatic heterocycles. The topological polar surface area (TPSA) is 55.5 Å². The summed E-state index contributed by atoms with van der Waals surface area (Å²) in [5.74, 6) is 0.114. The van der Waals surface area contributed by atoms with Crippen molar-refractivity contribution in [1.82, 2.24) is 0 Å². The summed E-state index contributed by atoms with van der Waals surface area (Å²) in [5.41, 5.74) is 6.89. The van der Waals surface area contributed by atoms with E-state index in [9.17, 15) is 4.39 Å². The maximum Gasteiger partial charge on any atom is 0.166 e. The van der Waals surface area contributed by atoms with E-state index in [4.69, 9.17) is 27.8 Å². The third-order valence-electron chi connectivity index (χ3n) is 2.77. The Labute approximate surface area is 121 Å². The average molecular weight is 291 g/mol. The first-order valence-electron chi connectivity index (χ1n) is 6.07. The predicted octanol–water partition coefficient (Wildman–Crippen LogP) is 2.79. The van der Waals surface area contributed by atoms with Crippen molar-refractivity contribution in [2.45, 2.75) is 6.42 Å². The Kier molecular flexibility index (Phi) is 4.65. The molecule has 2 aromatic carbocycles. The molecule has 0 amide bonds. The molecule has 20 heavy (non-hydrogen) atoms. The third kappa shape index (κ3) is 3.53. The Morgan fingerprint density at radius 2 is 1.90 bits per heavy atom. The number of benzene rings is 2. The number of hydrogen-bond donors (Lipinski definition) is 2. The first-order valence-corrected chi connectivity index (χ1v) is 6.48. The molecule has 3 nitrogen and oxygen atoms in total. The summed E-state index contributed by atoms with van der Waals surface area (Å²) in [7, 11) is 0. The van der Waals surface area contributed by atoms with Gasteiger partial charge in [0.2, 0.25) is 0 Å². The maximum atomic E-state index is 13.8. The number of thiocarbonyl (C=S) groups is 1. The van der Waals surface area contributed by atoms with Gasteiger partial charge in [-0.05, 0) is 42.3 Å². The molecule has 2 aromatic rings. The Hall–Kier alpha value is -1.98. The Morgan fingerprint density at radius 3 is 2.45 bits per heavy atom. The second-order valence-corrected chi connectivity index (χ2v) is 4.67. The highest BCUT2D eigenvalue weighted by molar-refractivity contribution is 7.80. The molecule has 0 saturated carbocycles. The van der Waals surface area contributed by atoms with Gasteiger partial charge in [-0.2, -0.15) is 0 Å². The zero-order chi connectivity index (χ0) is 14.5. The Bertz CT molecular complexity index is 614. The zero-order valence-electron chi connectivity index (χ0n) is 10.7. The number of halogens is 1. The van der Waals surface area contributed by atoms with Crippen LogP contribution in [0.25, 0.3) is 0 Å². The van der Waals surface area contributed by atoms with Gasteiger partial charge < -0.3 is 15.6 Å². The van der Waals surface area contributed by atoms with E-state index < -0.39 is 5.82 Å². The number of nitrogens with two attached hydrogens (primary N) is 1. The summed E-state index contributed by atoms with van der Waals surface area (Å²) in [5, 5.41) is 8.83.